The molecule has 1 heterocycles. The Labute approximate surface area is 188 Å². The van der Waals surface area contributed by atoms with Crippen LogP contribution in [0.2, 0.25) is 0 Å². The number of hydrogen-bond acceptors (Lipinski definition) is 4. The summed E-state index contributed by atoms with van der Waals surface area (Å²) in [6, 6.07) is -0.491. The number of nitrogens with one attached hydrogen (secondary N) is 1. The molecule has 1 amide bonds. The van der Waals surface area contributed by atoms with Gasteiger partial charge in [0.2, 0.25) is 5.91 Å². The van der Waals surface area contributed by atoms with Crippen molar-refractivity contribution < 1.29 is 24.5 Å². The largest absolute Gasteiger partial charge is 0.481 e. The average molecular weight is 438 g/mol. The van der Waals surface area contributed by atoms with Crippen molar-refractivity contribution in [2.45, 2.75) is 122 Å². The van der Waals surface area contributed by atoms with E-state index in [1.165, 1.54) is 38.5 Å². The molecule has 0 radical (unpaired) electrons. The number of epoxide rings is 1. The lowest BCUT2D eigenvalue weighted by molar-refractivity contribution is -0.137. The molecule has 178 valence electrons. The molecule has 0 spiro atoms. The third-order valence-corrected chi connectivity index (χ3v) is 5.46. The third-order valence-electron chi connectivity index (χ3n) is 5.46. The van der Waals surface area contributed by atoms with Gasteiger partial charge in [-0.1, -0.05) is 69.8 Å². The maximum atomic E-state index is 12.0. The van der Waals surface area contributed by atoms with Crippen LogP contribution in [0.1, 0.15) is 103 Å². The van der Waals surface area contributed by atoms with E-state index in [1.807, 2.05) is 0 Å². The molecule has 0 aromatic carbocycles. The summed E-state index contributed by atoms with van der Waals surface area (Å²) in [5.74, 6) is -1.09. The summed E-state index contributed by atoms with van der Waals surface area (Å²) in [5, 5.41) is 20.9. The van der Waals surface area contributed by atoms with Gasteiger partial charge in [-0.3, -0.25) is 9.59 Å². The molecule has 3 N–H and O–H groups in total. The van der Waals surface area contributed by atoms with Crippen molar-refractivity contribution in [3.05, 3.63) is 24.3 Å². The fraction of sp³-hybridized carbons (Fsp3) is 0.760. The smallest absolute Gasteiger partial charge is 0.305 e. The Kier molecular flexibility index (Phi) is 15.9. The van der Waals surface area contributed by atoms with E-state index in [2.05, 4.69) is 36.5 Å². The van der Waals surface area contributed by atoms with Crippen molar-refractivity contribution in [1.82, 2.24) is 5.32 Å². The van der Waals surface area contributed by atoms with Gasteiger partial charge in [0.1, 0.15) is 6.10 Å². The van der Waals surface area contributed by atoms with Crippen LogP contribution in [0.15, 0.2) is 24.3 Å². The number of carbonyl (C=O) groups is 2. The van der Waals surface area contributed by atoms with Crippen molar-refractivity contribution in [1.29, 1.82) is 0 Å². The molecular weight excluding hydrogens is 394 g/mol. The van der Waals surface area contributed by atoms with Crippen LogP contribution < -0.4 is 5.32 Å². The minimum Gasteiger partial charge on any atom is -0.481 e. The highest BCUT2D eigenvalue weighted by Crippen LogP contribution is 2.24. The first kappa shape index (κ1) is 27.4. The second-order valence-electron chi connectivity index (χ2n) is 8.50. The van der Waals surface area contributed by atoms with Gasteiger partial charge in [0.25, 0.3) is 0 Å². The molecule has 6 heteroatoms. The van der Waals surface area contributed by atoms with Gasteiger partial charge in [-0.15, -0.1) is 0 Å². The zero-order valence-electron chi connectivity index (χ0n) is 19.3. The summed E-state index contributed by atoms with van der Waals surface area (Å²) in [4.78, 5) is 23.0. The Morgan fingerprint density at radius 3 is 2.10 bits per heavy atom. The average Bonchev–Trinajstić information content (AvgIpc) is 3.41. The molecule has 1 aliphatic heterocycles. The summed E-state index contributed by atoms with van der Waals surface area (Å²) in [6.45, 7) is 2.24. The highest BCUT2D eigenvalue weighted by Gasteiger charge is 2.39. The molecule has 1 fully saturated rings. The van der Waals surface area contributed by atoms with Crippen LogP contribution in [0.4, 0.5) is 0 Å². The molecule has 1 aliphatic rings. The van der Waals surface area contributed by atoms with E-state index in [0.717, 1.165) is 38.5 Å². The number of rotatable bonds is 20. The first-order valence-corrected chi connectivity index (χ1v) is 12.2. The summed E-state index contributed by atoms with van der Waals surface area (Å²) in [7, 11) is 0. The van der Waals surface area contributed by atoms with Crippen LogP contribution in [0, 0.1) is 0 Å². The fourth-order valence-electron chi connectivity index (χ4n) is 3.56. The van der Waals surface area contributed by atoms with Gasteiger partial charge >= 0.3 is 5.97 Å². The van der Waals surface area contributed by atoms with Gasteiger partial charge in [-0.25, -0.2) is 0 Å². The van der Waals surface area contributed by atoms with Crippen molar-refractivity contribution in [3.8, 4) is 0 Å². The van der Waals surface area contributed by atoms with Crippen LogP contribution in [-0.2, 0) is 14.3 Å². The van der Waals surface area contributed by atoms with Crippen LogP contribution in [0.3, 0.4) is 0 Å². The topological polar surface area (TPSA) is 99.2 Å². The quantitative estimate of drug-likeness (QED) is 0.137. The van der Waals surface area contributed by atoms with Gasteiger partial charge in [0.05, 0.1) is 6.42 Å². The number of carbonyl (C=O) groups excluding carboxylic acids is 1. The lowest BCUT2D eigenvalue weighted by Crippen LogP contribution is -2.37. The molecule has 0 saturated carbocycles. The number of unbranched alkanes of at least 4 members (excludes halogenated alkanes) is 9. The predicted molar refractivity (Wildman–Crippen MR) is 124 cm³/mol. The monoisotopic (exact) mass is 437 g/mol. The van der Waals surface area contributed by atoms with E-state index >= 15 is 0 Å². The number of carboxylic acid groups (broad SMARTS) is 1. The van der Waals surface area contributed by atoms with Crippen LogP contribution in [-0.4, -0.2) is 40.5 Å². The third kappa shape index (κ3) is 16.7. The number of aliphatic carboxylic acids is 1. The van der Waals surface area contributed by atoms with Crippen molar-refractivity contribution in [2.24, 2.45) is 0 Å². The van der Waals surface area contributed by atoms with Crippen molar-refractivity contribution >= 4 is 11.9 Å². The Hall–Kier alpha value is -1.66. The first-order chi connectivity index (χ1) is 15.0. The molecule has 0 bridgehead atoms. The summed E-state index contributed by atoms with van der Waals surface area (Å²) in [6.07, 6.45) is 22.4. The minimum absolute atomic E-state index is 0.122. The van der Waals surface area contributed by atoms with E-state index in [1.54, 1.807) is 0 Å². The number of carboxylic acids is 1. The number of aliphatic hydroxyl groups is 1. The molecule has 3 unspecified atom stereocenters. The molecule has 3 atom stereocenters. The molecule has 6 nitrogen and oxygen atoms in total. The number of ether oxygens (including phenoxy) is 1. The zero-order valence-corrected chi connectivity index (χ0v) is 19.3. The lowest BCUT2D eigenvalue weighted by atomic mass is 10.1. The minimum atomic E-state index is -0.965. The van der Waals surface area contributed by atoms with Crippen molar-refractivity contribution in [2.75, 3.05) is 0 Å². The van der Waals surface area contributed by atoms with Gasteiger partial charge in [0, 0.05) is 12.5 Å². The highest BCUT2D eigenvalue weighted by molar-refractivity contribution is 5.77. The maximum Gasteiger partial charge on any atom is 0.305 e. The van der Waals surface area contributed by atoms with Gasteiger partial charge in [-0.2, -0.15) is 0 Å². The van der Waals surface area contributed by atoms with Crippen molar-refractivity contribution in [3.63, 3.8) is 0 Å². The first-order valence-electron chi connectivity index (χ1n) is 12.2. The predicted octanol–water partition coefficient (Wildman–Crippen LogP) is 5.26. The molecule has 0 aromatic rings. The van der Waals surface area contributed by atoms with E-state index in [4.69, 9.17) is 9.84 Å². The molecular formula is C25H43NO5. The number of allylic oxidation sites excluding steroid dienone is 4. The van der Waals surface area contributed by atoms with E-state index in [9.17, 15) is 14.7 Å². The number of amides is 1. The Morgan fingerprint density at radius 2 is 1.52 bits per heavy atom. The van der Waals surface area contributed by atoms with E-state index in [-0.39, 0.29) is 18.4 Å². The SMILES string of the molecule is CCCCCCC=CCC=CCCCCCCCC(=O)NC(CC(=O)O)CC1OC1O. The highest BCUT2D eigenvalue weighted by atomic mass is 16.7. The number of hydrogen-bond donors (Lipinski definition) is 3. The fourth-order valence-corrected chi connectivity index (χ4v) is 3.56. The van der Waals surface area contributed by atoms with Crippen LogP contribution in [0.5, 0.6) is 0 Å². The normalized spacial score (nSPS) is 19.2. The summed E-state index contributed by atoms with van der Waals surface area (Å²) >= 11 is 0. The second-order valence-corrected chi connectivity index (χ2v) is 8.50. The summed E-state index contributed by atoms with van der Waals surface area (Å²) < 4.78 is 4.91. The van der Waals surface area contributed by atoms with Gasteiger partial charge in [-0.05, 0) is 44.9 Å². The Bertz CT molecular complexity index is 546. The molecule has 1 rings (SSSR count). The van der Waals surface area contributed by atoms with E-state index < -0.39 is 18.3 Å². The van der Waals surface area contributed by atoms with Gasteiger partial charge in [0.15, 0.2) is 6.29 Å². The molecule has 0 aliphatic carbocycles. The number of aliphatic hydroxyl groups excluding tert-OH is 1. The van der Waals surface area contributed by atoms with E-state index in [0.29, 0.717) is 12.8 Å². The molecule has 1 saturated heterocycles. The van der Waals surface area contributed by atoms with Crippen LogP contribution in [0.25, 0.3) is 0 Å². The molecule has 0 aromatic heterocycles. The zero-order chi connectivity index (χ0) is 22.7. The summed E-state index contributed by atoms with van der Waals surface area (Å²) in [5.41, 5.74) is 0. The van der Waals surface area contributed by atoms with Crippen LogP contribution >= 0.6 is 0 Å². The standard InChI is InChI=1S/C25H43NO5/c1-2-3-4-5-6-7-8-9-10-11-12-13-14-15-16-17-18-23(27)26-21(20-24(28)29)19-22-25(30)31-22/h7-8,10-11,21-22,25,30H,2-6,9,12-20H2,1H3,(H,26,27)(H,28,29). The Balaban J connectivity index is 1.95. The Morgan fingerprint density at radius 1 is 0.935 bits per heavy atom. The lowest BCUT2D eigenvalue weighted by Gasteiger charge is -2.15. The maximum absolute atomic E-state index is 12.0. The van der Waals surface area contributed by atoms with Gasteiger partial charge < -0.3 is 20.3 Å². The molecule has 31 heavy (non-hydrogen) atoms. The second kappa shape index (κ2) is 18.0.